The maximum absolute atomic E-state index is 12.9. The van der Waals surface area contributed by atoms with Crippen molar-refractivity contribution in [3.8, 4) is 0 Å². The summed E-state index contributed by atoms with van der Waals surface area (Å²) in [5.74, 6) is -0.242. The summed E-state index contributed by atoms with van der Waals surface area (Å²) in [6.07, 6.45) is 0.571. The SMILES string of the molecule is Cc1ccc(NC(=O)C[C@H](C)SC(=NS(=O)(=O)c2ccc(Cl)s2)N(C=O)c2ccccc2)cc1. The van der Waals surface area contributed by atoms with E-state index in [-0.39, 0.29) is 21.7 Å². The number of aryl methyl sites for hydroxylation is 1. The van der Waals surface area contributed by atoms with Crippen LogP contribution in [0, 0.1) is 6.92 Å². The number of amides is 2. The number of hydrogen-bond donors (Lipinski definition) is 1. The van der Waals surface area contributed by atoms with Crippen molar-refractivity contribution < 1.29 is 18.0 Å². The van der Waals surface area contributed by atoms with E-state index in [2.05, 4.69) is 9.71 Å². The Morgan fingerprint density at radius 2 is 1.82 bits per heavy atom. The van der Waals surface area contributed by atoms with Crippen molar-refractivity contribution in [1.29, 1.82) is 0 Å². The number of benzene rings is 2. The Morgan fingerprint density at radius 3 is 2.41 bits per heavy atom. The van der Waals surface area contributed by atoms with E-state index in [1.165, 1.54) is 12.1 Å². The highest BCUT2D eigenvalue weighted by molar-refractivity contribution is 8.15. The van der Waals surface area contributed by atoms with Crippen LogP contribution in [0.2, 0.25) is 4.34 Å². The molecule has 0 aliphatic carbocycles. The molecule has 1 aromatic heterocycles. The van der Waals surface area contributed by atoms with Crippen molar-refractivity contribution in [3.63, 3.8) is 0 Å². The lowest BCUT2D eigenvalue weighted by Crippen LogP contribution is -2.30. The molecular weight excluding hydrogens is 514 g/mol. The van der Waals surface area contributed by atoms with Crippen LogP contribution < -0.4 is 10.2 Å². The van der Waals surface area contributed by atoms with Crippen molar-refractivity contribution in [3.05, 3.63) is 76.6 Å². The van der Waals surface area contributed by atoms with Crippen molar-refractivity contribution in [1.82, 2.24) is 0 Å². The summed E-state index contributed by atoms with van der Waals surface area (Å²) < 4.78 is 30.0. The Morgan fingerprint density at radius 1 is 1.15 bits per heavy atom. The minimum atomic E-state index is -4.13. The molecular formula is C23H22ClN3O4S3. The van der Waals surface area contributed by atoms with Gasteiger partial charge in [-0.3, -0.25) is 14.5 Å². The number of thioether (sulfide) groups is 1. The van der Waals surface area contributed by atoms with E-state index in [1.54, 1.807) is 49.4 Å². The van der Waals surface area contributed by atoms with E-state index in [0.29, 0.717) is 22.1 Å². The highest BCUT2D eigenvalue weighted by Gasteiger charge is 2.24. The van der Waals surface area contributed by atoms with E-state index in [4.69, 9.17) is 11.6 Å². The lowest BCUT2D eigenvalue weighted by Gasteiger charge is -2.21. The molecule has 34 heavy (non-hydrogen) atoms. The molecule has 0 aliphatic heterocycles. The van der Waals surface area contributed by atoms with Crippen LogP contribution in [0.1, 0.15) is 18.9 Å². The van der Waals surface area contributed by atoms with Crippen LogP contribution in [-0.2, 0) is 19.6 Å². The van der Waals surface area contributed by atoms with E-state index in [1.807, 2.05) is 19.1 Å². The van der Waals surface area contributed by atoms with Crippen molar-refractivity contribution >= 4 is 73.6 Å². The Hall–Kier alpha value is -2.66. The Labute approximate surface area is 211 Å². The van der Waals surface area contributed by atoms with Gasteiger partial charge in [0.15, 0.2) is 5.17 Å². The zero-order chi connectivity index (χ0) is 24.7. The molecule has 11 heteroatoms. The van der Waals surface area contributed by atoms with Crippen LogP contribution in [0.4, 0.5) is 11.4 Å². The number of rotatable bonds is 8. The van der Waals surface area contributed by atoms with Gasteiger partial charge in [0.2, 0.25) is 12.3 Å². The molecule has 0 unspecified atom stereocenters. The number of hydrogen-bond acceptors (Lipinski definition) is 6. The number of nitrogens with zero attached hydrogens (tertiary/aromatic N) is 2. The van der Waals surface area contributed by atoms with Crippen LogP contribution in [0.5, 0.6) is 0 Å². The van der Waals surface area contributed by atoms with Gasteiger partial charge in [-0.05, 0) is 43.3 Å². The average molecular weight is 536 g/mol. The quantitative estimate of drug-likeness (QED) is 0.231. The number of carbonyl (C=O) groups excluding carboxylic acids is 2. The van der Waals surface area contributed by atoms with Crippen LogP contribution >= 0.6 is 34.7 Å². The molecule has 0 spiro atoms. The average Bonchev–Trinajstić information content (AvgIpc) is 3.23. The summed E-state index contributed by atoms with van der Waals surface area (Å²) in [7, 11) is -4.13. The molecule has 2 aromatic carbocycles. The molecule has 3 aromatic rings. The van der Waals surface area contributed by atoms with Gasteiger partial charge in [-0.1, -0.05) is 66.2 Å². The third kappa shape index (κ3) is 7.17. The highest BCUT2D eigenvalue weighted by Crippen LogP contribution is 2.30. The number of thiophene rings is 1. The summed E-state index contributed by atoms with van der Waals surface area (Å²) >= 11 is 7.79. The van der Waals surface area contributed by atoms with Gasteiger partial charge in [0.25, 0.3) is 10.0 Å². The van der Waals surface area contributed by atoms with Crippen LogP contribution in [0.3, 0.4) is 0 Å². The maximum Gasteiger partial charge on any atom is 0.294 e. The second-order valence-electron chi connectivity index (χ2n) is 7.27. The first-order valence-corrected chi connectivity index (χ1v) is 13.6. The van der Waals surface area contributed by atoms with Gasteiger partial charge in [0.05, 0.1) is 10.0 Å². The van der Waals surface area contributed by atoms with Crippen molar-refractivity contribution in [2.45, 2.75) is 29.7 Å². The standard InChI is InChI=1S/C23H22ClN3O4S3/c1-16-8-10-18(11-9-16)25-21(29)14-17(2)32-23(27(15-28)19-6-4-3-5-7-19)26-34(30,31)22-13-12-20(24)33-22/h3-13,15,17H,14H2,1-2H3,(H,25,29)/t17-/m0/s1. The van der Waals surface area contributed by atoms with Gasteiger partial charge >= 0.3 is 0 Å². The molecule has 0 radical (unpaired) electrons. The van der Waals surface area contributed by atoms with Crippen LogP contribution in [0.25, 0.3) is 0 Å². The molecule has 1 heterocycles. The summed E-state index contributed by atoms with van der Waals surface area (Å²) in [4.78, 5) is 25.7. The third-order valence-corrected chi connectivity index (χ3v) is 8.61. The van der Waals surface area contributed by atoms with Gasteiger partial charge in [-0.2, -0.15) is 8.42 Å². The van der Waals surface area contributed by atoms with Crippen LogP contribution in [0.15, 0.2) is 75.3 Å². The zero-order valence-electron chi connectivity index (χ0n) is 18.3. The zero-order valence-corrected chi connectivity index (χ0v) is 21.5. The van der Waals surface area contributed by atoms with Gasteiger partial charge in [-0.15, -0.1) is 15.7 Å². The Kier molecular flexibility index (Phi) is 8.90. The number of halogens is 1. The highest BCUT2D eigenvalue weighted by atomic mass is 35.5. The fourth-order valence-corrected chi connectivity index (χ4v) is 6.51. The molecule has 0 aliphatic rings. The fourth-order valence-electron chi connectivity index (χ4n) is 2.84. The first-order valence-electron chi connectivity index (χ1n) is 10.1. The summed E-state index contributed by atoms with van der Waals surface area (Å²) in [6.45, 7) is 3.71. The summed E-state index contributed by atoms with van der Waals surface area (Å²) in [6, 6.07) is 18.8. The predicted molar refractivity (Wildman–Crippen MR) is 140 cm³/mol. The van der Waals surface area contributed by atoms with Gasteiger partial charge < -0.3 is 5.32 Å². The molecule has 2 amide bonds. The molecule has 0 saturated heterocycles. The number of anilines is 2. The minimum Gasteiger partial charge on any atom is -0.326 e. The van der Waals surface area contributed by atoms with Crippen LogP contribution in [-0.4, -0.2) is 31.2 Å². The molecule has 178 valence electrons. The Bertz CT molecular complexity index is 1280. The predicted octanol–water partition coefficient (Wildman–Crippen LogP) is 5.57. The molecule has 1 atom stereocenters. The molecule has 1 N–H and O–H groups in total. The maximum atomic E-state index is 12.9. The molecule has 0 bridgehead atoms. The number of para-hydroxylation sites is 1. The van der Waals surface area contributed by atoms with E-state index >= 15 is 0 Å². The van der Waals surface area contributed by atoms with E-state index in [9.17, 15) is 18.0 Å². The second-order valence-corrected chi connectivity index (χ2v) is 12.2. The normalized spacial score (nSPS) is 12.7. The van der Waals surface area contributed by atoms with Crippen molar-refractivity contribution in [2.75, 3.05) is 10.2 Å². The lowest BCUT2D eigenvalue weighted by molar-refractivity contribution is -0.116. The third-order valence-electron chi connectivity index (χ3n) is 4.46. The number of amidine groups is 1. The minimum absolute atomic E-state index is 0.0423. The van der Waals surface area contributed by atoms with Gasteiger partial charge in [0.1, 0.15) is 4.21 Å². The summed E-state index contributed by atoms with van der Waals surface area (Å²) in [5.41, 5.74) is 2.18. The molecule has 0 fully saturated rings. The fraction of sp³-hybridized carbons (Fsp3) is 0.174. The van der Waals surface area contributed by atoms with E-state index < -0.39 is 15.3 Å². The smallest absolute Gasteiger partial charge is 0.294 e. The monoisotopic (exact) mass is 535 g/mol. The topological polar surface area (TPSA) is 95.9 Å². The first kappa shape index (κ1) is 26.0. The first-order chi connectivity index (χ1) is 16.2. The van der Waals surface area contributed by atoms with Gasteiger partial charge in [0, 0.05) is 17.4 Å². The van der Waals surface area contributed by atoms with Gasteiger partial charge in [-0.25, -0.2) is 0 Å². The van der Waals surface area contributed by atoms with E-state index in [0.717, 1.165) is 33.6 Å². The lowest BCUT2D eigenvalue weighted by atomic mass is 10.2. The van der Waals surface area contributed by atoms with Crippen molar-refractivity contribution in [2.24, 2.45) is 4.40 Å². The largest absolute Gasteiger partial charge is 0.326 e. The number of sulfonamides is 1. The molecule has 7 nitrogen and oxygen atoms in total. The number of nitrogens with one attached hydrogen (secondary N) is 1. The molecule has 3 rings (SSSR count). The second kappa shape index (κ2) is 11.7. The molecule has 0 saturated carbocycles. The summed E-state index contributed by atoms with van der Waals surface area (Å²) in [5, 5.41) is 2.36. The Balaban J connectivity index is 1.85. The number of carbonyl (C=O) groups is 2.